The van der Waals surface area contributed by atoms with Crippen LogP contribution in [-0.2, 0) is 11.2 Å². The molecule has 0 atom stereocenters. The van der Waals surface area contributed by atoms with Gasteiger partial charge >= 0.3 is 11.7 Å². The Morgan fingerprint density at radius 1 is 1.33 bits per heavy atom. The molecule has 110 valence electrons. The zero-order valence-corrected chi connectivity index (χ0v) is 12.7. The van der Waals surface area contributed by atoms with Gasteiger partial charge in [0.05, 0.1) is 17.1 Å². The van der Waals surface area contributed by atoms with Gasteiger partial charge in [0, 0.05) is 17.0 Å². The predicted molar refractivity (Wildman–Crippen MR) is 80.4 cm³/mol. The lowest BCUT2D eigenvalue weighted by Crippen LogP contribution is -2.27. The van der Waals surface area contributed by atoms with Gasteiger partial charge in [-0.3, -0.25) is 9.36 Å². The Balaban J connectivity index is 2.77. The maximum Gasteiger partial charge on any atom is 0.352 e. The molecule has 1 N–H and O–H groups in total. The van der Waals surface area contributed by atoms with Crippen molar-refractivity contribution in [2.45, 2.75) is 27.2 Å². The number of nitrogens with zero attached hydrogens (tertiary/aromatic N) is 2. The number of hydrogen-bond acceptors (Lipinski definition) is 3. The third-order valence-corrected chi connectivity index (χ3v) is 3.65. The molecule has 1 aromatic heterocycles. The van der Waals surface area contributed by atoms with Crippen molar-refractivity contribution in [2.24, 2.45) is 0 Å². The second-order valence-electron chi connectivity index (χ2n) is 4.90. The fourth-order valence-electron chi connectivity index (χ4n) is 2.29. The van der Waals surface area contributed by atoms with Crippen molar-refractivity contribution in [2.75, 3.05) is 0 Å². The summed E-state index contributed by atoms with van der Waals surface area (Å²) in [6, 6.07) is 5.32. The maximum atomic E-state index is 12.2. The molecule has 0 saturated heterocycles. The number of carboxylic acid groups (broad SMARTS) is 1. The summed E-state index contributed by atoms with van der Waals surface area (Å²) >= 11 is 6.17. The van der Waals surface area contributed by atoms with Crippen LogP contribution in [0.25, 0.3) is 5.69 Å². The van der Waals surface area contributed by atoms with Crippen molar-refractivity contribution < 1.29 is 9.90 Å². The van der Waals surface area contributed by atoms with E-state index < -0.39 is 11.7 Å². The summed E-state index contributed by atoms with van der Waals surface area (Å²) < 4.78 is 1.36. The first-order valence-electron chi connectivity index (χ1n) is 6.38. The second-order valence-corrected chi connectivity index (χ2v) is 5.31. The highest BCUT2D eigenvalue weighted by molar-refractivity contribution is 6.32. The van der Waals surface area contributed by atoms with Gasteiger partial charge in [0.1, 0.15) is 0 Å². The first kappa shape index (κ1) is 15.3. The summed E-state index contributed by atoms with van der Waals surface area (Å²) in [7, 11) is 0. The van der Waals surface area contributed by atoms with E-state index in [1.165, 1.54) is 4.57 Å². The number of aryl methyl sites for hydroxylation is 2. The fraction of sp³-hybridized carbons (Fsp3) is 0.267. The van der Waals surface area contributed by atoms with Crippen LogP contribution in [0.2, 0.25) is 5.02 Å². The standard InChI is InChI=1S/C15H15ClN2O3/c1-8-4-5-12(16)13(6-8)18-10(3)11(7-14(19)20)9(2)17-15(18)21/h4-6H,7H2,1-3H3,(H,19,20). The van der Waals surface area contributed by atoms with Crippen LogP contribution in [0.15, 0.2) is 23.0 Å². The van der Waals surface area contributed by atoms with Gasteiger partial charge in [-0.1, -0.05) is 17.7 Å². The molecule has 1 aromatic carbocycles. The Labute approximate surface area is 126 Å². The van der Waals surface area contributed by atoms with Gasteiger partial charge in [0.2, 0.25) is 0 Å². The fourth-order valence-corrected chi connectivity index (χ4v) is 2.49. The molecule has 2 aromatic rings. The zero-order chi connectivity index (χ0) is 15.7. The van der Waals surface area contributed by atoms with Crippen LogP contribution in [0.3, 0.4) is 0 Å². The zero-order valence-electron chi connectivity index (χ0n) is 12.0. The topological polar surface area (TPSA) is 72.2 Å². The number of carboxylic acids is 1. The molecule has 0 saturated carbocycles. The van der Waals surface area contributed by atoms with Crippen LogP contribution in [0.1, 0.15) is 22.5 Å². The average molecular weight is 307 g/mol. The summed E-state index contributed by atoms with van der Waals surface area (Å²) in [6.45, 7) is 5.22. The Bertz CT molecular complexity index is 781. The average Bonchev–Trinajstić information content (AvgIpc) is 2.38. The van der Waals surface area contributed by atoms with Crippen LogP contribution >= 0.6 is 11.6 Å². The highest BCUT2D eigenvalue weighted by atomic mass is 35.5. The van der Waals surface area contributed by atoms with E-state index in [1.807, 2.05) is 13.0 Å². The van der Waals surface area contributed by atoms with E-state index in [-0.39, 0.29) is 6.42 Å². The van der Waals surface area contributed by atoms with Crippen molar-refractivity contribution in [3.63, 3.8) is 0 Å². The largest absolute Gasteiger partial charge is 0.481 e. The van der Waals surface area contributed by atoms with Crippen LogP contribution in [0.5, 0.6) is 0 Å². The van der Waals surface area contributed by atoms with Gasteiger partial charge in [0.15, 0.2) is 0 Å². The molecule has 0 fully saturated rings. The summed E-state index contributed by atoms with van der Waals surface area (Å²) in [4.78, 5) is 27.1. The lowest BCUT2D eigenvalue weighted by molar-refractivity contribution is -0.136. The molecule has 0 aliphatic rings. The normalized spacial score (nSPS) is 10.7. The highest BCUT2D eigenvalue weighted by Gasteiger charge is 2.16. The molecule has 2 rings (SSSR count). The SMILES string of the molecule is Cc1ccc(Cl)c(-n2c(C)c(CC(=O)O)c(C)nc2=O)c1. The minimum absolute atomic E-state index is 0.186. The molecule has 0 spiro atoms. The van der Waals surface area contributed by atoms with E-state index in [1.54, 1.807) is 26.0 Å². The Kier molecular flexibility index (Phi) is 4.14. The summed E-state index contributed by atoms with van der Waals surface area (Å²) in [5.41, 5.74) is 2.49. The van der Waals surface area contributed by atoms with E-state index in [2.05, 4.69) is 4.98 Å². The molecule has 0 bridgehead atoms. The Morgan fingerprint density at radius 3 is 2.62 bits per heavy atom. The van der Waals surface area contributed by atoms with Crippen LogP contribution < -0.4 is 5.69 Å². The quantitative estimate of drug-likeness (QED) is 0.945. The lowest BCUT2D eigenvalue weighted by Gasteiger charge is -2.16. The Morgan fingerprint density at radius 2 is 2.00 bits per heavy atom. The molecule has 0 aliphatic heterocycles. The number of carbonyl (C=O) groups is 1. The van der Waals surface area contributed by atoms with Gasteiger partial charge in [-0.15, -0.1) is 0 Å². The first-order valence-corrected chi connectivity index (χ1v) is 6.76. The smallest absolute Gasteiger partial charge is 0.352 e. The third-order valence-electron chi connectivity index (χ3n) is 3.33. The summed E-state index contributed by atoms with van der Waals surface area (Å²) in [5, 5.41) is 9.42. The van der Waals surface area contributed by atoms with Gasteiger partial charge in [-0.2, -0.15) is 4.98 Å². The Hall–Kier alpha value is -2.14. The third kappa shape index (κ3) is 2.97. The minimum Gasteiger partial charge on any atom is -0.481 e. The van der Waals surface area contributed by atoms with Crippen LogP contribution in [-0.4, -0.2) is 20.6 Å². The number of rotatable bonds is 3. The number of halogens is 1. The molecule has 0 unspecified atom stereocenters. The van der Waals surface area contributed by atoms with Crippen LogP contribution in [0.4, 0.5) is 0 Å². The first-order chi connectivity index (χ1) is 9.81. The van der Waals surface area contributed by atoms with Crippen molar-refractivity contribution in [1.82, 2.24) is 9.55 Å². The van der Waals surface area contributed by atoms with Gasteiger partial charge in [-0.25, -0.2) is 4.79 Å². The molecule has 6 heteroatoms. The maximum absolute atomic E-state index is 12.2. The van der Waals surface area contributed by atoms with E-state index in [9.17, 15) is 9.59 Å². The lowest BCUT2D eigenvalue weighted by atomic mass is 10.1. The number of aliphatic carboxylic acids is 1. The van der Waals surface area contributed by atoms with E-state index in [4.69, 9.17) is 16.7 Å². The molecular weight excluding hydrogens is 292 g/mol. The molecule has 1 heterocycles. The van der Waals surface area contributed by atoms with Gasteiger partial charge in [-0.05, 0) is 38.5 Å². The van der Waals surface area contributed by atoms with Crippen molar-refractivity contribution in [3.8, 4) is 5.69 Å². The molecule has 0 radical (unpaired) electrons. The van der Waals surface area contributed by atoms with E-state index >= 15 is 0 Å². The van der Waals surface area contributed by atoms with Crippen molar-refractivity contribution in [1.29, 1.82) is 0 Å². The second kappa shape index (κ2) is 5.69. The molecule has 0 amide bonds. The molecule has 21 heavy (non-hydrogen) atoms. The van der Waals surface area contributed by atoms with E-state index in [0.717, 1.165) is 5.56 Å². The highest BCUT2D eigenvalue weighted by Crippen LogP contribution is 2.23. The van der Waals surface area contributed by atoms with Gasteiger partial charge < -0.3 is 5.11 Å². The number of benzene rings is 1. The number of aromatic nitrogens is 2. The van der Waals surface area contributed by atoms with Crippen molar-refractivity contribution >= 4 is 17.6 Å². The van der Waals surface area contributed by atoms with Gasteiger partial charge in [0.25, 0.3) is 0 Å². The monoisotopic (exact) mass is 306 g/mol. The molecular formula is C15H15ClN2O3. The molecule has 0 aliphatic carbocycles. The summed E-state index contributed by atoms with van der Waals surface area (Å²) in [5.74, 6) is -0.969. The van der Waals surface area contributed by atoms with Crippen molar-refractivity contribution in [3.05, 3.63) is 56.2 Å². The summed E-state index contributed by atoms with van der Waals surface area (Å²) in [6.07, 6.45) is -0.186. The number of hydrogen-bond donors (Lipinski definition) is 1. The van der Waals surface area contributed by atoms with E-state index in [0.29, 0.717) is 27.7 Å². The minimum atomic E-state index is -0.969. The predicted octanol–water partition coefficient (Wildman–Crippen LogP) is 2.44. The molecule has 5 nitrogen and oxygen atoms in total. The van der Waals surface area contributed by atoms with Crippen LogP contribution in [0, 0.1) is 20.8 Å².